The summed E-state index contributed by atoms with van der Waals surface area (Å²) in [6.45, 7) is 0. The highest BCUT2D eigenvalue weighted by Crippen LogP contribution is 2.82. The molecule has 6 rings (SSSR count). The first-order valence-electron chi connectivity index (χ1n) is 5.63. The van der Waals surface area contributed by atoms with Crippen LogP contribution in [0.15, 0.2) is 0 Å². The molecule has 1 unspecified atom stereocenters. The molecule has 2 N–H and O–H groups in total. The molecule has 1 heteroatoms. The summed E-state index contributed by atoms with van der Waals surface area (Å²) in [5.74, 6) is 8.84. The maximum absolute atomic E-state index is 6.34. The molecule has 0 aromatic rings. The van der Waals surface area contributed by atoms with Crippen LogP contribution in [0.25, 0.3) is 0 Å². The fraction of sp³-hybridized carbons (Fsp3) is 1.00. The van der Waals surface area contributed by atoms with Gasteiger partial charge < -0.3 is 5.73 Å². The summed E-state index contributed by atoms with van der Waals surface area (Å²) in [5.41, 5.74) is 6.34. The van der Waals surface area contributed by atoms with Crippen LogP contribution in [0.1, 0.15) is 12.8 Å². The average Bonchev–Trinajstić information content (AvgIpc) is 2.68. The largest absolute Gasteiger partial charge is 0.327 e. The zero-order valence-corrected chi connectivity index (χ0v) is 7.19. The van der Waals surface area contributed by atoms with Crippen LogP contribution in [-0.2, 0) is 0 Å². The Morgan fingerprint density at radius 3 is 1.67 bits per heavy atom. The van der Waals surface area contributed by atoms with Gasteiger partial charge in [0.25, 0.3) is 0 Å². The van der Waals surface area contributed by atoms with Crippen molar-refractivity contribution in [1.29, 1.82) is 0 Å². The van der Waals surface area contributed by atoms with Gasteiger partial charge in [0.2, 0.25) is 0 Å². The van der Waals surface area contributed by atoms with E-state index in [1.807, 2.05) is 0 Å². The van der Waals surface area contributed by atoms with Gasteiger partial charge >= 0.3 is 0 Å². The molecule has 1 nitrogen and oxygen atoms in total. The molecule has 0 heterocycles. The van der Waals surface area contributed by atoms with Crippen molar-refractivity contribution >= 4 is 0 Å². The molecule has 0 amide bonds. The maximum atomic E-state index is 6.34. The highest BCUT2D eigenvalue weighted by molar-refractivity contribution is 5.28. The van der Waals surface area contributed by atoms with E-state index >= 15 is 0 Å². The van der Waals surface area contributed by atoms with Crippen LogP contribution in [0.3, 0.4) is 0 Å². The molecule has 6 saturated carbocycles. The minimum Gasteiger partial charge on any atom is -0.327 e. The lowest BCUT2D eigenvalue weighted by Gasteiger charge is -2.33. The predicted octanol–water partition coefficient (Wildman–Crippen LogP) is 1.09. The van der Waals surface area contributed by atoms with Gasteiger partial charge in [-0.1, -0.05) is 0 Å². The van der Waals surface area contributed by atoms with Gasteiger partial charge in [-0.25, -0.2) is 0 Å². The Morgan fingerprint density at radius 1 is 0.667 bits per heavy atom. The Hall–Kier alpha value is -0.0400. The molecule has 0 aromatic carbocycles. The van der Waals surface area contributed by atoms with Crippen molar-refractivity contribution in [3.8, 4) is 0 Å². The van der Waals surface area contributed by atoms with Gasteiger partial charge in [-0.05, 0) is 60.2 Å². The van der Waals surface area contributed by atoms with Crippen molar-refractivity contribution in [3.05, 3.63) is 0 Å². The molecule has 0 aromatic heterocycles. The minimum atomic E-state index is 0.646. The smallest absolute Gasteiger partial charge is 0.0107 e. The normalized spacial score (nSPS) is 85.2. The van der Waals surface area contributed by atoms with Crippen molar-refractivity contribution in [2.45, 2.75) is 18.9 Å². The van der Waals surface area contributed by atoms with Crippen LogP contribution >= 0.6 is 0 Å². The lowest BCUT2D eigenvalue weighted by Crippen LogP contribution is -2.30. The third-order valence-corrected chi connectivity index (χ3v) is 6.38. The van der Waals surface area contributed by atoms with Crippen LogP contribution < -0.4 is 5.73 Å². The summed E-state index contributed by atoms with van der Waals surface area (Å²) in [6, 6.07) is 0.646. The monoisotopic (exact) mass is 161 g/mol. The molecule has 12 heavy (non-hydrogen) atoms. The molecule has 0 spiro atoms. The minimum absolute atomic E-state index is 0.646. The van der Waals surface area contributed by atoms with E-state index in [1.165, 1.54) is 11.8 Å². The quantitative estimate of drug-likeness (QED) is 0.565. The van der Waals surface area contributed by atoms with Gasteiger partial charge in [0.05, 0.1) is 0 Å². The number of rotatable bonds is 0. The van der Waals surface area contributed by atoms with E-state index in [0.29, 0.717) is 6.04 Å². The predicted molar refractivity (Wildman–Crippen MR) is 45.1 cm³/mol. The second-order valence-corrected chi connectivity index (χ2v) is 6.01. The molecule has 6 aliphatic carbocycles. The average molecular weight is 161 g/mol. The van der Waals surface area contributed by atoms with Gasteiger partial charge in [-0.2, -0.15) is 0 Å². The van der Waals surface area contributed by atoms with Crippen molar-refractivity contribution in [3.63, 3.8) is 0 Å². The van der Waals surface area contributed by atoms with Crippen LogP contribution in [0, 0.1) is 47.3 Å². The van der Waals surface area contributed by atoms with Crippen molar-refractivity contribution in [1.82, 2.24) is 0 Å². The molecule has 64 valence electrons. The van der Waals surface area contributed by atoms with Crippen molar-refractivity contribution in [2.24, 2.45) is 53.1 Å². The number of nitrogens with two attached hydrogens (primary N) is 1. The summed E-state index contributed by atoms with van der Waals surface area (Å²) >= 11 is 0. The zero-order chi connectivity index (χ0) is 7.61. The topological polar surface area (TPSA) is 26.0 Å². The van der Waals surface area contributed by atoms with Crippen molar-refractivity contribution in [2.75, 3.05) is 0 Å². The van der Waals surface area contributed by atoms with Crippen LogP contribution in [0.4, 0.5) is 0 Å². The van der Waals surface area contributed by atoms with E-state index < -0.39 is 0 Å². The van der Waals surface area contributed by atoms with E-state index in [-0.39, 0.29) is 0 Å². The molecule has 6 aliphatic rings. The first-order valence-corrected chi connectivity index (χ1v) is 5.63. The maximum Gasteiger partial charge on any atom is 0.0107 e. The van der Waals surface area contributed by atoms with E-state index in [0.717, 1.165) is 35.5 Å². The highest BCUT2D eigenvalue weighted by atomic mass is 14.9. The fourth-order valence-corrected chi connectivity index (χ4v) is 6.69. The third kappa shape index (κ3) is 0.296. The first-order chi connectivity index (χ1) is 5.88. The summed E-state index contributed by atoms with van der Waals surface area (Å²) < 4.78 is 0. The molecule has 0 aliphatic heterocycles. The third-order valence-electron chi connectivity index (χ3n) is 6.38. The summed E-state index contributed by atoms with van der Waals surface area (Å²) in [4.78, 5) is 0. The van der Waals surface area contributed by atoms with E-state index in [1.54, 1.807) is 12.8 Å². The summed E-state index contributed by atoms with van der Waals surface area (Å²) in [6.07, 6.45) is 3.18. The number of hydrogen-bond donors (Lipinski definition) is 1. The molecule has 0 saturated heterocycles. The van der Waals surface area contributed by atoms with Gasteiger partial charge in [0.1, 0.15) is 0 Å². The SMILES string of the molecule is NC1[C@H]2[C@@H]3C[C@@H]4[C@@H]5C[C@H]([C@H]1[C@@H]53)[C@H]42. The van der Waals surface area contributed by atoms with Gasteiger partial charge in [-0.3, -0.25) is 0 Å². The Morgan fingerprint density at radius 2 is 1.17 bits per heavy atom. The van der Waals surface area contributed by atoms with Crippen LogP contribution in [0.2, 0.25) is 0 Å². The Balaban J connectivity index is 1.89. The van der Waals surface area contributed by atoms with Crippen molar-refractivity contribution < 1.29 is 0 Å². The zero-order valence-electron chi connectivity index (χ0n) is 7.19. The van der Waals surface area contributed by atoms with Crippen LogP contribution in [-0.4, -0.2) is 6.04 Å². The first kappa shape index (κ1) is 5.64. The molecule has 6 bridgehead atoms. The van der Waals surface area contributed by atoms with Gasteiger partial charge in [-0.15, -0.1) is 0 Å². The Kier molecular flexibility index (Phi) is 0.609. The fourth-order valence-electron chi connectivity index (χ4n) is 6.69. The summed E-state index contributed by atoms with van der Waals surface area (Å²) in [5, 5.41) is 0. The molecule has 6 fully saturated rings. The van der Waals surface area contributed by atoms with E-state index in [9.17, 15) is 0 Å². The Bertz CT molecular complexity index is 251. The van der Waals surface area contributed by atoms with Crippen LogP contribution in [0.5, 0.6) is 0 Å². The van der Waals surface area contributed by atoms with E-state index in [2.05, 4.69) is 0 Å². The number of hydrogen-bond acceptors (Lipinski definition) is 1. The lowest BCUT2D eigenvalue weighted by atomic mass is 9.71. The van der Waals surface area contributed by atoms with Gasteiger partial charge in [0.15, 0.2) is 0 Å². The highest BCUT2D eigenvalue weighted by Gasteiger charge is 2.79. The molecular formula is C11H15N. The summed E-state index contributed by atoms with van der Waals surface area (Å²) in [7, 11) is 0. The molecule has 9 atom stereocenters. The lowest BCUT2D eigenvalue weighted by molar-refractivity contribution is 0.132. The molecule has 0 radical (unpaired) electrons. The van der Waals surface area contributed by atoms with Gasteiger partial charge in [0, 0.05) is 6.04 Å². The Labute approximate surface area is 72.7 Å². The second kappa shape index (κ2) is 1.30. The standard InChI is InChI=1S/C11H15N/c12-11-9-5-1-3-4-2-6(7(3)9)10(11)8(4)5/h3-11H,1-2,12H2/t3-,4+,5-,6+,7-,8-,9-,10-,11?/m0/s1. The second-order valence-electron chi connectivity index (χ2n) is 6.01. The van der Waals surface area contributed by atoms with E-state index in [4.69, 9.17) is 5.73 Å². The molecular weight excluding hydrogens is 146 g/mol.